The van der Waals surface area contributed by atoms with Crippen LogP contribution < -0.4 is 14.4 Å². The smallest absolute Gasteiger partial charge is 0.303 e. The van der Waals surface area contributed by atoms with Crippen LogP contribution in [-0.4, -0.2) is 34.0 Å². The number of hydrogen-bond acceptors (Lipinski definition) is 5. The van der Waals surface area contributed by atoms with E-state index in [9.17, 15) is 4.79 Å². The van der Waals surface area contributed by atoms with Crippen LogP contribution in [0.15, 0.2) is 85.2 Å². The molecule has 0 saturated carbocycles. The van der Waals surface area contributed by atoms with Gasteiger partial charge in [-0.3, -0.25) is 9.48 Å². The van der Waals surface area contributed by atoms with E-state index in [4.69, 9.17) is 14.6 Å². The van der Waals surface area contributed by atoms with E-state index in [0.717, 1.165) is 52.7 Å². The van der Waals surface area contributed by atoms with Crippen LogP contribution >= 0.6 is 0 Å². The molecule has 5 rings (SSSR count). The molecular weight excluding hydrogens is 442 g/mol. The Kier molecular flexibility index (Phi) is 6.66. The molecule has 3 aromatic carbocycles. The maximum absolute atomic E-state index is 11.1. The number of anilines is 2. The van der Waals surface area contributed by atoms with Crippen LogP contribution in [0, 0.1) is 0 Å². The number of nitrogens with zero attached hydrogens (tertiary/aromatic N) is 3. The van der Waals surface area contributed by atoms with E-state index < -0.39 is 5.97 Å². The lowest BCUT2D eigenvalue weighted by Gasteiger charge is -2.32. The van der Waals surface area contributed by atoms with Gasteiger partial charge in [0.15, 0.2) is 11.5 Å². The zero-order chi connectivity index (χ0) is 24.0. The fraction of sp³-hybridized carbons (Fsp3) is 0.214. The molecule has 1 aliphatic rings. The number of carboxylic acids is 1. The van der Waals surface area contributed by atoms with Crippen LogP contribution in [0.4, 0.5) is 11.4 Å². The lowest BCUT2D eigenvalue weighted by Crippen LogP contribution is -2.23. The minimum absolute atomic E-state index is 0.0657. The molecule has 178 valence electrons. The molecule has 35 heavy (non-hydrogen) atoms. The Morgan fingerprint density at radius 2 is 1.71 bits per heavy atom. The van der Waals surface area contributed by atoms with E-state index >= 15 is 0 Å². The Hall–Kier alpha value is -4.26. The first kappa shape index (κ1) is 22.5. The van der Waals surface area contributed by atoms with Gasteiger partial charge in [-0.1, -0.05) is 36.4 Å². The molecule has 0 unspecified atom stereocenters. The lowest BCUT2D eigenvalue weighted by molar-refractivity contribution is -0.136. The zero-order valence-corrected chi connectivity index (χ0v) is 19.3. The Morgan fingerprint density at radius 1 is 0.971 bits per heavy atom. The summed E-state index contributed by atoms with van der Waals surface area (Å²) in [6.07, 6.45) is 4.94. The van der Waals surface area contributed by atoms with E-state index in [1.54, 1.807) is 6.20 Å². The summed E-state index contributed by atoms with van der Waals surface area (Å²) in [6, 6.07) is 23.9. The third-order valence-electron chi connectivity index (χ3n) is 5.96. The first-order chi connectivity index (χ1) is 17.2. The second-order valence-corrected chi connectivity index (χ2v) is 8.43. The Labute approximate surface area is 204 Å². The number of rotatable bonds is 10. The molecular formula is C28H27N3O4. The van der Waals surface area contributed by atoms with Gasteiger partial charge in [0.25, 0.3) is 0 Å². The first-order valence-corrected chi connectivity index (χ1v) is 11.7. The fourth-order valence-corrected chi connectivity index (χ4v) is 4.29. The van der Waals surface area contributed by atoms with Gasteiger partial charge in [-0.25, -0.2) is 0 Å². The van der Waals surface area contributed by atoms with Gasteiger partial charge in [0, 0.05) is 25.4 Å². The van der Waals surface area contributed by atoms with Crippen molar-refractivity contribution in [2.75, 3.05) is 18.1 Å². The summed E-state index contributed by atoms with van der Waals surface area (Å²) < 4.78 is 14.1. The van der Waals surface area contributed by atoms with Gasteiger partial charge in [-0.05, 0) is 60.4 Å². The van der Waals surface area contributed by atoms with Crippen LogP contribution in [0.25, 0.3) is 0 Å². The molecule has 0 radical (unpaired) electrons. The third-order valence-corrected chi connectivity index (χ3v) is 5.96. The SMILES string of the molecule is O=C(O)CCc1ccc(Cn2cccn2)cc1OCCCN1c2ccccc2Oc2ccccc21. The highest BCUT2D eigenvalue weighted by Crippen LogP contribution is 2.46. The van der Waals surface area contributed by atoms with E-state index in [2.05, 4.69) is 22.1 Å². The molecule has 2 heterocycles. The largest absolute Gasteiger partial charge is 0.493 e. The molecule has 0 bridgehead atoms. The van der Waals surface area contributed by atoms with Crippen molar-refractivity contribution in [1.82, 2.24) is 9.78 Å². The summed E-state index contributed by atoms with van der Waals surface area (Å²) in [4.78, 5) is 13.4. The highest BCUT2D eigenvalue weighted by molar-refractivity contribution is 5.77. The normalized spacial score (nSPS) is 11.9. The van der Waals surface area contributed by atoms with Crippen molar-refractivity contribution in [3.63, 3.8) is 0 Å². The van der Waals surface area contributed by atoms with Crippen molar-refractivity contribution < 1.29 is 19.4 Å². The quantitative estimate of drug-likeness (QED) is 0.302. The predicted octanol–water partition coefficient (Wildman–Crippen LogP) is 5.66. The van der Waals surface area contributed by atoms with Gasteiger partial charge in [0.05, 0.1) is 24.5 Å². The predicted molar refractivity (Wildman–Crippen MR) is 134 cm³/mol. The Morgan fingerprint density at radius 3 is 2.40 bits per heavy atom. The highest BCUT2D eigenvalue weighted by Gasteiger charge is 2.23. The van der Waals surface area contributed by atoms with E-state index in [1.807, 2.05) is 71.5 Å². The van der Waals surface area contributed by atoms with E-state index in [-0.39, 0.29) is 6.42 Å². The molecule has 4 aromatic rings. The van der Waals surface area contributed by atoms with Crippen LogP contribution in [0.1, 0.15) is 24.0 Å². The summed E-state index contributed by atoms with van der Waals surface area (Å²) in [5, 5.41) is 13.4. The molecule has 1 aliphatic heterocycles. The molecule has 0 amide bonds. The van der Waals surface area contributed by atoms with Crippen molar-refractivity contribution in [3.05, 3.63) is 96.3 Å². The molecule has 0 atom stereocenters. The average Bonchev–Trinajstić information content (AvgIpc) is 3.38. The van der Waals surface area contributed by atoms with Gasteiger partial charge in [-0.2, -0.15) is 5.10 Å². The number of carboxylic acid groups (broad SMARTS) is 1. The summed E-state index contributed by atoms with van der Waals surface area (Å²) in [6.45, 7) is 1.89. The molecule has 7 nitrogen and oxygen atoms in total. The molecule has 0 spiro atoms. The number of ether oxygens (including phenoxy) is 2. The third kappa shape index (κ3) is 5.30. The summed E-state index contributed by atoms with van der Waals surface area (Å²) in [5.41, 5.74) is 4.03. The standard InChI is InChI=1S/C28H27N3O4/c32-28(33)14-13-22-12-11-21(20-30-16-5-15-29-30)19-27(22)34-18-6-17-31-23-7-1-3-9-25(23)35-26-10-4-2-8-24(26)31/h1-5,7-12,15-16,19H,6,13-14,17-18,20H2,(H,32,33). The van der Waals surface area contributed by atoms with Crippen molar-refractivity contribution in [2.45, 2.75) is 25.8 Å². The number of hydrogen-bond donors (Lipinski definition) is 1. The second kappa shape index (κ2) is 10.3. The van der Waals surface area contributed by atoms with Crippen molar-refractivity contribution >= 4 is 17.3 Å². The van der Waals surface area contributed by atoms with Gasteiger partial charge in [-0.15, -0.1) is 0 Å². The number of para-hydroxylation sites is 4. The maximum Gasteiger partial charge on any atom is 0.303 e. The van der Waals surface area contributed by atoms with Crippen LogP contribution in [0.3, 0.4) is 0 Å². The molecule has 1 aromatic heterocycles. The summed E-state index contributed by atoms with van der Waals surface area (Å²) in [5.74, 6) is 1.60. The first-order valence-electron chi connectivity index (χ1n) is 11.7. The second-order valence-electron chi connectivity index (χ2n) is 8.43. The fourth-order valence-electron chi connectivity index (χ4n) is 4.29. The van der Waals surface area contributed by atoms with Gasteiger partial charge in [0.2, 0.25) is 0 Å². The van der Waals surface area contributed by atoms with Crippen molar-refractivity contribution in [1.29, 1.82) is 0 Å². The number of benzene rings is 3. The molecule has 1 N–H and O–H groups in total. The topological polar surface area (TPSA) is 76.8 Å². The number of carbonyl (C=O) groups is 1. The number of aliphatic carboxylic acids is 1. The van der Waals surface area contributed by atoms with E-state index in [1.165, 1.54) is 0 Å². The minimum atomic E-state index is -0.818. The summed E-state index contributed by atoms with van der Waals surface area (Å²) in [7, 11) is 0. The van der Waals surface area contributed by atoms with Gasteiger partial charge >= 0.3 is 5.97 Å². The van der Waals surface area contributed by atoms with Gasteiger partial charge in [0.1, 0.15) is 5.75 Å². The van der Waals surface area contributed by atoms with Crippen molar-refractivity contribution in [2.24, 2.45) is 0 Å². The molecule has 0 aliphatic carbocycles. The Balaban J connectivity index is 1.28. The number of fused-ring (bicyclic) bond motifs is 2. The Bertz CT molecular complexity index is 1260. The lowest BCUT2D eigenvalue weighted by atomic mass is 10.1. The number of aryl methyl sites for hydroxylation is 1. The minimum Gasteiger partial charge on any atom is -0.493 e. The van der Waals surface area contributed by atoms with Crippen LogP contribution in [0.5, 0.6) is 17.2 Å². The number of aromatic nitrogens is 2. The van der Waals surface area contributed by atoms with Crippen LogP contribution in [-0.2, 0) is 17.8 Å². The van der Waals surface area contributed by atoms with E-state index in [0.29, 0.717) is 19.6 Å². The maximum atomic E-state index is 11.1. The highest BCUT2D eigenvalue weighted by atomic mass is 16.5. The van der Waals surface area contributed by atoms with Gasteiger partial charge < -0.3 is 19.5 Å². The van der Waals surface area contributed by atoms with Crippen LogP contribution in [0.2, 0.25) is 0 Å². The monoisotopic (exact) mass is 469 g/mol. The molecule has 7 heteroatoms. The summed E-state index contributed by atoms with van der Waals surface area (Å²) >= 11 is 0. The molecule has 0 fully saturated rings. The molecule has 0 saturated heterocycles. The van der Waals surface area contributed by atoms with Crippen molar-refractivity contribution in [3.8, 4) is 17.2 Å². The average molecular weight is 470 g/mol. The zero-order valence-electron chi connectivity index (χ0n) is 19.3.